The predicted molar refractivity (Wildman–Crippen MR) is 229 cm³/mol. The molecule has 1 unspecified atom stereocenters. The van der Waals surface area contributed by atoms with E-state index in [0.29, 0.717) is 6.42 Å². The molecule has 0 aromatic carbocycles. The van der Waals surface area contributed by atoms with Crippen molar-refractivity contribution in [1.82, 2.24) is 0 Å². The maximum absolute atomic E-state index is 12.7. The topological polar surface area (TPSA) is 256 Å². The van der Waals surface area contributed by atoms with Gasteiger partial charge in [0.1, 0.15) is 12.7 Å². The smallest absolute Gasteiger partial charge is 0.462 e. The molecule has 18 heteroatoms. The summed E-state index contributed by atoms with van der Waals surface area (Å²) in [7, 11) is -9.81. The van der Waals surface area contributed by atoms with E-state index in [1.54, 1.807) is 42.5 Å². The van der Waals surface area contributed by atoms with Crippen molar-refractivity contribution < 1.29 is 76.9 Å². The first-order valence-electron chi connectivity index (χ1n) is 21.5. The van der Waals surface area contributed by atoms with E-state index in [0.717, 1.165) is 57.3 Å². The van der Waals surface area contributed by atoms with E-state index in [1.807, 2.05) is 0 Å². The van der Waals surface area contributed by atoms with Crippen LogP contribution in [0.15, 0.2) is 48.6 Å². The second kappa shape index (κ2) is 36.4. The second-order valence-corrected chi connectivity index (χ2v) is 18.0. The Morgan fingerprint density at radius 3 is 1.68 bits per heavy atom. The molecule has 0 aliphatic heterocycles. The number of ether oxygens (including phenoxy) is 2. The van der Waals surface area contributed by atoms with Gasteiger partial charge < -0.3 is 44.6 Å². The van der Waals surface area contributed by atoms with Crippen molar-refractivity contribution in [2.24, 2.45) is 5.92 Å². The first kappa shape index (κ1) is 58.0. The summed E-state index contributed by atoms with van der Waals surface area (Å²) in [5.74, 6) is -0.611. The molecule has 7 N–H and O–H groups in total. The number of rotatable bonds is 39. The maximum Gasteiger partial charge on any atom is 0.472 e. The van der Waals surface area contributed by atoms with Gasteiger partial charge in [-0.3, -0.25) is 23.2 Å². The number of phosphoric ester groups is 2. The number of unbranched alkanes of at least 4 members (excludes halogenated alkanes) is 11. The van der Waals surface area contributed by atoms with Crippen LogP contribution in [0.2, 0.25) is 0 Å². The first-order chi connectivity index (χ1) is 28.4. The molecule has 0 aliphatic carbocycles. The second-order valence-electron chi connectivity index (χ2n) is 15.3. The number of carbonyl (C=O) groups is 2. The van der Waals surface area contributed by atoms with Gasteiger partial charge in [-0.1, -0.05) is 153 Å². The molecule has 6 atom stereocenters. The third-order valence-electron chi connectivity index (χ3n) is 9.01. The molecule has 0 rings (SSSR count). The summed E-state index contributed by atoms with van der Waals surface area (Å²) < 4.78 is 47.5. The highest BCUT2D eigenvalue weighted by molar-refractivity contribution is 7.47. The van der Waals surface area contributed by atoms with Crippen molar-refractivity contribution in [2.45, 2.75) is 173 Å². The SMILES string of the molecule is CCCCC[C@H](O)/C=C/C=C\C=C\C=C\[C@H](O)[C@@H](O)CCCC(=O)O[C@H](COC(=O)CCCCCCCCCCCCC(C)C)COP(=O)(O)OC[C@@H](O)COP(=O)(O)O. The van der Waals surface area contributed by atoms with Crippen molar-refractivity contribution in [1.29, 1.82) is 0 Å². The van der Waals surface area contributed by atoms with E-state index in [2.05, 4.69) is 29.8 Å². The van der Waals surface area contributed by atoms with Crippen molar-refractivity contribution in [2.75, 3.05) is 26.4 Å². The van der Waals surface area contributed by atoms with E-state index in [1.165, 1.54) is 44.6 Å². The third kappa shape index (κ3) is 38.9. The van der Waals surface area contributed by atoms with Crippen molar-refractivity contribution in [3.63, 3.8) is 0 Å². The van der Waals surface area contributed by atoms with Gasteiger partial charge in [-0.15, -0.1) is 0 Å². The average Bonchev–Trinajstić information content (AvgIpc) is 3.18. The van der Waals surface area contributed by atoms with Crippen LogP contribution in [0.3, 0.4) is 0 Å². The lowest BCUT2D eigenvalue weighted by Crippen LogP contribution is -2.30. The molecule has 0 saturated heterocycles. The number of allylic oxidation sites excluding steroid dienone is 6. The summed E-state index contributed by atoms with van der Waals surface area (Å²) in [6.45, 7) is 3.53. The minimum Gasteiger partial charge on any atom is -0.462 e. The number of aliphatic hydroxyl groups excluding tert-OH is 4. The number of phosphoric acid groups is 2. The number of hydrogen-bond donors (Lipinski definition) is 7. The summed E-state index contributed by atoms with van der Waals surface area (Å²) in [6, 6.07) is 0. The molecular formula is C42H76O16P2. The molecule has 0 heterocycles. The summed E-state index contributed by atoms with van der Waals surface area (Å²) in [4.78, 5) is 52.7. The van der Waals surface area contributed by atoms with Crippen LogP contribution in [0.25, 0.3) is 0 Å². The summed E-state index contributed by atoms with van der Waals surface area (Å²) in [5, 5.41) is 40.2. The standard InChI is InChI=1S/C42H76O16P2/c1-4-5-18-25-36(43)26-20-15-12-13-16-21-27-39(45)40(46)28-23-30-42(48)58-38(34-57-60(52,53)56-32-37(44)31-55-59(49,50)51)33-54-41(47)29-22-17-11-9-7-6-8-10-14-19-24-35(2)3/h12-13,15-16,20-21,26-27,35-40,43-46H,4-11,14,17-19,22-25,28-34H2,1-3H3,(H,52,53)(H2,49,50,51)/b15-12-,16-13+,26-20+,27-21+/t36-,37-,38+,39-,40-/m0/s1. The molecule has 0 amide bonds. The molecule has 0 aromatic heterocycles. The quantitative estimate of drug-likeness (QED) is 0.0137. The van der Waals surface area contributed by atoms with Crippen molar-refractivity contribution in [3.8, 4) is 0 Å². The predicted octanol–water partition coefficient (Wildman–Crippen LogP) is 7.44. The fourth-order valence-electron chi connectivity index (χ4n) is 5.56. The molecule has 60 heavy (non-hydrogen) atoms. The first-order valence-corrected chi connectivity index (χ1v) is 24.5. The van der Waals surface area contributed by atoms with E-state index in [9.17, 15) is 44.0 Å². The molecule has 0 fully saturated rings. The van der Waals surface area contributed by atoms with E-state index >= 15 is 0 Å². The highest BCUT2D eigenvalue weighted by Crippen LogP contribution is 2.43. The molecule has 0 aromatic rings. The molecule has 0 saturated carbocycles. The zero-order chi connectivity index (χ0) is 45.1. The Balaban J connectivity index is 4.87. The van der Waals surface area contributed by atoms with Crippen LogP contribution >= 0.6 is 15.6 Å². The van der Waals surface area contributed by atoms with Crippen LogP contribution < -0.4 is 0 Å². The van der Waals surface area contributed by atoms with E-state index in [4.69, 9.17) is 23.8 Å². The third-order valence-corrected chi connectivity index (χ3v) is 10.4. The minimum atomic E-state index is -4.91. The van der Waals surface area contributed by atoms with Crippen LogP contribution in [0.4, 0.5) is 0 Å². The molecule has 0 bridgehead atoms. The Labute approximate surface area is 357 Å². The molecular weight excluding hydrogens is 822 g/mol. The van der Waals surface area contributed by atoms with Gasteiger partial charge in [0.05, 0.1) is 38.1 Å². The van der Waals surface area contributed by atoms with Gasteiger partial charge in [0.2, 0.25) is 0 Å². The van der Waals surface area contributed by atoms with Crippen molar-refractivity contribution >= 4 is 27.6 Å². The zero-order valence-electron chi connectivity index (χ0n) is 36.0. The Bertz CT molecular complexity index is 1310. The average molecular weight is 899 g/mol. The van der Waals surface area contributed by atoms with Crippen LogP contribution in [0.5, 0.6) is 0 Å². The maximum atomic E-state index is 12.7. The highest BCUT2D eigenvalue weighted by atomic mass is 31.2. The Kier molecular flexibility index (Phi) is 35.2. The van der Waals surface area contributed by atoms with Gasteiger partial charge in [-0.2, -0.15) is 0 Å². The number of esters is 2. The van der Waals surface area contributed by atoms with Crippen LogP contribution in [0, 0.1) is 5.92 Å². The van der Waals surface area contributed by atoms with Crippen LogP contribution in [0.1, 0.15) is 143 Å². The number of hydrogen-bond acceptors (Lipinski definition) is 13. The molecule has 0 radical (unpaired) electrons. The Hall–Kier alpha value is -2.04. The summed E-state index contributed by atoms with van der Waals surface area (Å²) >= 11 is 0. The molecule has 350 valence electrons. The van der Waals surface area contributed by atoms with Gasteiger partial charge >= 0.3 is 27.6 Å². The van der Waals surface area contributed by atoms with E-state index < -0.39 is 84.5 Å². The van der Waals surface area contributed by atoms with Gasteiger partial charge in [0, 0.05) is 12.8 Å². The lowest BCUT2D eigenvalue weighted by Gasteiger charge is -2.21. The van der Waals surface area contributed by atoms with Gasteiger partial charge in [0.25, 0.3) is 0 Å². The van der Waals surface area contributed by atoms with E-state index in [-0.39, 0.29) is 25.7 Å². The minimum absolute atomic E-state index is 0.0257. The monoisotopic (exact) mass is 898 g/mol. The fourth-order valence-corrected chi connectivity index (χ4v) is 6.72. The summed E-state index contributed by atoms with van der Waals surface area (Å²) in [5.41, 5.74) is 0. The number of aliphatic hydroxyl groups is 4. The van der Waals surface area contributed by atoms with Crippen LogP contribution in [-0.4, -0.2) is 104 Å². The number of carbonyl (C=O) groups excluding carboxylic acids is 2. The lowest BCUT2D eigenvalue weighted by molar-refractivity contribution is -0.161. The van der Waals surface area contributed by atoms with Crippen LogP contribution in [-0.2, 0) is 41.8 Å². The van der Waals surface area contributed by atoms with Gasteiger partial charge in [-0.25, -0.2) is 9.13 Å². The fraction of sp³-hybridized carbons (Fsp3) is 0.762. The Morgan fingerprint density at radius 2 is 1.08 bits per heavy atom. The molecule has 0 spiro atoms. The Morgan fingerprint density at radius 1 is 0.567 bits per heavy atom. The normalized spacial score (nSPS) is 16.2. The lowest BCUT2D eigenvalue weighted by atomic mass is 10.0. The van der Waals surface area contributed by atoms with Gasteiger partial charge in [0.15, 0.2) is 6.10 Å². The van der Waals surface area contributed by atoms with Gasteiger partial charge in [-0.05, 0) is 31.6 Å². The molecule has 16 nitrogen and oxygen atoms in total. The van der Waals surface area contributed by atoms with Crippen molar-refractivity contribution in [3.05, 3.63) is 48.6 Å². The largest absolute Gasteiger partial charge is 0.472 e. The zero-order valence-corrected chi connectivity index (χ0v) is 37.8. The molecule has 0 aliphatic rings. The summed E-state index contributed by atoms with van der Waals surface area (Å²) in [6.07, 6.45) is 23.4. The highest BCUT2D eigenvalue weighted by Gasteiger charge is 2.28.